The highest BCUT2D eigenvalue weighted by Gasteiger charge is 2.18. The number of carbonyl (C=O) groups excluding carboxylic acids is 1. The predicted octanol–water partition coefficient (Wildman–Crippen LogP) is 2.11. The van der Waals surface area contributed by atoms with Crippen molar-refractivity contribution >= 4 is 5.91 Å². The lowest BCUT2D eigenvalue weighted by molar-refractivity contribution is 0.0769. The molecule has 3 heterocycles. The third-order valence-corrected chi connectivity index (χ3v) is 3.26. The lowest BCUT2D eigenvalue weighted by Gasteiger charge is -2.15. The van der Waals surface area contributed by atoms with Crippen LogP contribution in [0.15, 0.2) is 53.4 Å². The molecule has 7 nitrogen and oxygen atoms in total. The Balaban J connectivity index is 1.74. The molecule has 23 heavy (non-hydrogen) atoms. The van der Waals surface area contributed by atoms with Gasteiger partial charge in [0.2, 0.25) is 0 Å². The molecule has 116 valence electrons. The number of carbonyl (C=O) groups is 1. The van der Waals surface area contributed by atoms with Gasteiger partial charge in [0.15, 0.2) is 5.76 Å². The molecule has 1 amide bonds. The summed E-state index contributed by atoms with van der Waals surface area (Å²) in [5.41, 5.74) is 1.49. The quantitative estimate of drug-likeness (QED) is 0.793. The second-order valence-electron chi connectivity index (χ2n) is 4.95. The largest absolute Gasteiger partial charge is 0.505 e. The molecule has 0 saturated carbocycles. The summed E-state index contributed by atoms with van der Waals surface area (Å²) in [7, 11) is 1.62. The summed E-state index contributed by atoms with van der Waals surface area (Å²) in [6.45, 7) is 0.223. The first kappa shape index (κ1) is 14.7. The van der Waals surface area contributed by atoms with Crippen LogP contribution >= 0.6 is 0 Å². The van der Waals surface area contributed by atoms with Crippen molar-refractivity contribution in [1.29, 1.82) is 0 Å². The summed E-state index contributed by atoms with van der Waals surface area (Å²) in [4.78, 5) is 21.7. The van der Waals surface area contributed by atoms with Crippen molar-refractivity contribution in [2.24, 2.45) is 0 Å². The number of nitrogens with zero attached hydrogens (tertiary/aromatic N) is 4. The van der Waals surface area contributed by atoms with Crippen LogP contribution < -0.4 is 0 Å². The summed E-state index contributed by atoms with van der Waals surface area (Å²) in [5.74, 6) is 0.0341. The summed E-state index contributed by atoms with van der Waals surface area (Å²) >= 11 is 0. The van der Waals surface area contributed by atoms with Crippen LogP contribution in [0.4, 0.5) is 0 Å². The van der Waals surface area contributed by atoms with Gasteiger partial charge < -0.3 is 14.5 Å². The van der Waals surface area contributed by atoms with E-state index in [9.17, 15) is 9.90 Å². The van der Waals surface area contributed by atoms with E-state index in [2.05, 4.69) is 15.1 Å². The maximum Gasteiger partial charge on any atom is 0.257 e. The summed E-state index contributed by atoms with van der Waals surface area (Å²) < 4.78 is 5.25. The third kappa shape index (κ3) is 3.18. The van der Waals surface area contributed by atoms with Crippen molar-refractivity contribution in [2.75, 3.05) is 7.05 Å². The lowest BCUT2D eigenvalue weighted by Crippen LogP contribution is -2.26. The van der Waals surface area contributed by atoms with Crippen molar-refractivity contribution in [3.63, 3.8) is 0 Å². The molecule has 7 heteroatoms. The molecule has 0 aliphatic heterocycles. The first-order valence-corrected chi connectivity index (χ1v) is 6.90. The molecule has 0 saturated heterocycles. The molecule has 3 aromatic rings. The van der Waals surface area contributed by atoms with Gasteiger partial charge in [-0.25, -0.2) is 0 Å². The fourth-order valence-corrected chi connectivity index (χ4v) is 2.10. The van der Waals surface area contributed by atoms with Crippen LogP contribution in [0.1, 0.15) is 16.1 Å². The SMILES string of the molecule is CN(Cc1cc(-c2ccccn2)no1)C(=O)c1ccncc1O. The number of pyridine rings is 2. The molecule has 0 aliphatic rings. The van der Waals surface area contributed by atoms with Crippen LogP contribution in [0, 0.1) is 0 Å². The van der Waals surface area contributed by atoms with E-state index in [-0.39, 0.29) is 23.8 Å². The Morgan fingerprint density at radius 2 is 2.13 bits per heavy atom. The molecule has 0 aliphatic carbocycles. The Morgan fingerprint density at radius 3 is 2.87 bits per heavy atom. The molecule has 0 atom stereocenters. The minimum Gasteiger partial charge on any atom is -0.505 e. The third-order valence-electron chi connectivity index (χ3n) is 3.26. The maximum atomic E-state index is 12.3. The van der Waals surface area contributed by atoms with E-state index >= 15 is 0 Å². The van der Waals surface area contributed by atoms with Crippen LogP contribution in [0.3, 0.4) is 0 Å². The minimum atomic E-state index is -0.333. The number of amides is 1. The van der Waals surface area contributed by atoms with Gasteiger partial charge in [0.05, 0.1) is 24.0 Å². The zero-order valence-electron chi connectivity index (χ0n) is 12.4. The van der Waals surface area contributed by atoms with E-state index in [0.29, 0.717) is 17.1 Å². The number of rotatable bonds is 4. The van der Waals surface area contributed by atoms with Gasteiger partial charge in [-0.2, -0.15) is 0 Å². The summed E-state index contributed by atoms with van der Waals surface area (Å²) in [6, 6.07) is 8.70. The van der Waals surface area contributed by atoms with Gasteiger partial charge in [-0.1, -0.05) is 11.2 Å². The van der Waals surface area contributed by atoms with Gasteiger partial charge in [-0.15, -0.1) is 0 Å². The second kappa shape index (κ2) is 6.27. The van der Waals surface area contributed by atoms with Gasteiger partial charge in [0.1, 0.15) is 11.4 Å². The molecular weight excluding hydrogens is 296 g/mol. The van der Waals surface area contributed by atoms with Crippen molar-refractivity contribution in [3.8, 4) is 17.1 Å². The number of hydrogen-bond donors (Lipinski definition) is 1. The monoisotopic (exact) mass is 310 g/mol. The van der Waals surface area contributed by atoms with Crippen molar-refractivity contribution in [2.45, 2.75) is 6.54 Å². The zero-order chi connectivity index (χ0) is 16.2. The van der Waals surface area contributed by atoms with Crippen molar-refractivity contribution < 1.29 is 14.4 Å². The molecule has 0 radical (unpaired) electrons. The average Bonchev–Trinajstić information content (AvgIpc) is 3.04. The standard InChI is InChI=1S/C16H14N4O3/c1-20(16(22)12-5-7-17-9-15(12)21)10-11-8-14(19-23-11)13-4-2-3-6-18-13/h2-9,21H,10H2,1H3. The molecule has 1 N–H and O–H groups in total. The Labute approximate surface area is 132 Å². The topological polar surface area (TPSA) is 92.4 Å². The fourth-order valence-electron chi connectivity index (χ4n) is 2.10. The molecular formula is C16H14N4O3. The first-order valence-electron chi connectivity index (χ1n) is 6.90. The number of aromatic hydroxyl groups is 1. The van der Waals surface area contributed by atoms with Gasteiger partial charge in [-0.3, -0.25) is 14.8 Å². The van der Waals surface area contributed by atoms with Crippen LogP contribution in [-0.4, -0.2) is 38.1 Å². The number of hydrogen-bond acceptors (Lipinski definition) is 6. The van der Waals surface area contributed by atoms with E-state index in [1.54, 1.807) is 19.3 Å². The van der Waals surface area contributed by atoms with Gasteiger partial charge >= 0.3 is 0 Å². The molecule has 0 aromatic carbocycles. The number of aromatic nitrogens is 3. The Bertz CT molecular complexity index is 817. The van der Waals surface area contributed by atoms with Crippen molar-refractivity contribution in [3.05, 3.63) is 60.2 Å². The minimum absolute atomic E-state index is 0.156. The van der Waals surface area contributed by atoms with E-state index in [0.717, 1.165) is 0 Å². The van der Waals surface area contributed by atoms with Crippen molar-refractivity contribution in [1.82, 2.24) is 20.0 Å². The Kier molecular flexibility index (Phi) is 4.01. The highest BCUT2D eigenvalue weighted by Crippen LogP contribution is 2.19. The zero-order valence-corrected chi connectivity index (χ0v) is 12.4. The highest BCUT2D eigenvalue weighted by molar-refractivity contribution is 5.96. The molecule has 0 spiro atoms. The maximum absolute atomic E-state index is 12.3. The van der Waals surface area contributed by atoms with Gasteiger partial charge in [-0.05, 0) is 18.2 Å². The first-order chi connectivity index (χ1) is 11.1. The van der Waals surface area contributed by atoms with Crippen LogP contribution in [0.5, 0.6) is 5.75 Å². The van der Waals surface area contributed by atoms with E-state index in [1.807, 2.05) is 18.2 Å². The van der Waals surface area contributed by atoms with Crippen LogP contribution in [0.2, 0.25) is 0 Å². The van der Waals surface area contributed by atoms with Gasteiger partial charge in [0.25, 0.3) is 5.91 Å². The van der Waals surface area contributed by atoms with E-state index < -0.39 is 0 Å². The van der Waals surface area contributed by atoms with E-state index in [4.69, 9.17) is 4.52 Å². The van der Waals surface area contributed by atoms with Crippen LogP contribution in [-0.2, 0) is 6.54 Å². The molecule has 3 aromatic heterocycles. The average molecular weight is 310 g/mol. The second-order valence-corrected chi connectivity index (χ2v) is 4.95. The molecule has 0 fully saturated rings. The smallest absolute Gasteiger partial charge is 0.257 e. The van der Waals surface area contributed by atoms with E-state index in [1.165, 1.54) is 23.4 Å². The Morgan fingerprint density at radius 1 is 1.26 bits per heavy atom. The lowest BCUT2D eigenvalue weighted by atomic mass is 10.2. The van der Waals surface area contributed by atoms with Gasteiger partial charge in [0, 0.05) is 25.5 Å². The fraction of sp³-hybridized carbons (Fsp3) is 0.125. The Hall–Kier alpha value is -3.22. The predicted molar refractivity (Wildman–Crippen MR) is 81.4 cm³/mol. The molecule has 3 rings (SSSR count). The molecule has 0 bridgehead atoms. The highest BCUT2D eigenvalue weighted by atomic mass is 16.5. The summed E-state index contributed by atoms with van der Waals surface area (Å²) in [6.07, 6.45) is 4.36. The van der Waals surface area contributed by atoms with Crippen LogP contribution in [0.25, 0.3) is 11.4 Å². The summed E-state index contributed by atoms with van der Waals surface area (Å²) in [5, 5.41) is 13.6. The molecule has 0 unspecified atom stereocenters. The normalized spacial score (nSPS) is 10.5.